The van der Waals surface area contributed by atoms with Gasteiger partial charge in [-0.25, -0.2) is 17.2 Å². The number of halogens is 2. The molecule has 0 unspecified atom stereocenters. The quantitative estimate of drug-likeness (QED) is 0.670. The normalized spacial score (nSPS) is 27.2. The Kier molecular flexibility index (Phi) is 6.87. The van der Waals surface area contributed by atoms with E-state index in [2.05, 4.69) is 4.90 Å². The number of nitrogens with zero attached hydrogens (tertiary/aromatic N) is 3. The van der Waals surface area contributed by atoms with Gasteiger partial charge in [0.05, 0.1) is 23.1 Å². The molecule has 192 valence electrons. The van der Waals surface area contributed by atoms with Crippen LogP contribution in [-0.4, -0.2) is 62.5 Å². The third kappa shape index (κ3) is 4.78. The lowest BCUT2D eigenvalue weighted by atomic mass is 9.78. The molecule has 0 radical (unpaired) electrons. The lowest BCUT2D eigenvalue weighted by molar-refractivity contribution is -0.0497. The number of benzene rings is 2. The van der Waals surface area contributed by atoms with Crippen molar-refractivity contribution in [1.29, 1.82) is 5.26 Å². The van der Waals surface area contributed by atoms with Crippen LogP contribution in [0, 0.1) is 28.4 Å². The molecule has 3 aliphatic rings. The molecule has 3 heterocycles. The number of nitrogens with two attached hydrogens (primary N) is 1. The molecule has 10 heteroatoms. The standard InChI is InChI=1S/C26H30F2N4O3S/c27-19-3-6-23(28)22(13-19)25-24(30)14-20(16-35-25)31-10-7-26(17-31)8-11-32(12-9-26)36(33,34)21-4-1-18(15-29)2-5-21/h1-6,13,20,24-25H,7-12,14,16-17,30H2/t20-,24+,25-/m1/s1. The Morgan fingerprint density at radius 1 is 1.06 bits per heavy atom. The second-order valence-corrected chi connectivity index (χ2v) is 12.2. The van der Waals surface area contributed by atoms with Gasteiger partial charge in [-0.1, -0.05) is 0 Å². The Balaban J connectivity index is 1.18. The summed E-state index contributed by atoms with van der Waals surface area (Å²) in [5, 5.41) is 8.96. The van der Waals surface area contributed by atoms with Crippen LogP contribution in [0.4, 0.5) is 8.78 Å². The van der Waals surface area contributed by atoms with Crippen molar-refractivity contribution in [1.82, 2.24) is 9.21 Å². The molecule has 3 fully saturated rings. The summed E-state index contributed by atoms with van der Waals surface area (Å²) in [6.45, 7) is 3.03. The summed E-state index contributed by atoms with van der Waals surface area (Å²) in [5.74, 6) is -1.03. The molecular formula is C26H30F2N4O3S. The van der Waals surface area contributed by atoms with E-state index < -0.39 is 33.8 Å². The number of ether oxygens (including phenoxy) is 1. The second-order valence-electron chi connectivity index (χ2n) is 10.2. The number of rotatable bonds is 4. The van der Waals surface area contributed by atoms with E-state index in [1.165, 1.54) is 24.3 Å². The summed E-state index contributed by atoms with van der Waals surface area (Å²) in [4.78, 5) is 2.58. The van der Waals surface area contributed by atoms with E-state index in [0.29, 0.717) is 31.7 Å². The van der Waals surface area contributed by atoms with Crippen LogP contribution in [0.2, 0.25) is 0 Å². The Labute approximate surface area is 210 Å². The highest BCUT2D eigenvalue weighted by atomic mass is 32.2. The van der Waals surface area contributed by atoms with Gasteiger partial charge in [0, 0.05) is 37.3 Å². The molecule has 3 saturated heterocycles. The van der Waals surface area contributed by atoms with Gasteiger partial charge in [0.25, 0.3) is 0 Å². The van der Waals surface area contributed by atoms with Crippen molar-refractivity contribution in [3.63, 3.8) is 0 Å². The van der Waals surface area contributed by atoms with Gasteiger partial charge in [-0.2, -0.15) is 9.57 Å². The molecule has 0 bridgehead atoms. The summed E-state index contributed by atoms with van der Waals surface area (Å²) in [6, 6.07) is 11.0. The monoisotopic (exact) mass is 516 g/mol. The van der Waals surface area contributed by atoms with Crippen molar-refractivity contribution < 1.29 is 21.9 Å². The molecule has 1 spiro atoms. The van der Waals surface area contributed by atoms with Crippen LogP contribution in [0.3, 0.4) is 0 Å². The SMILES string of the molecule is N#Cc1ccc(S(=O)(=O)N2CCC3(CCN([C@H]4CO[C@H](c5cc(F)ccc5F)[C@@H](N)C4)C3)CC2)cc1. The maximum absolute atomic E-state index is 14.2. The van der Waals surface area contributed by atoms with Crippen LogP contribution in [0.5, 0.6) is 0 Å². The van der Waals surface area contributed by atoms with Gasteiger partial charge in [0.2, 0.25) is 10.0 Å². The van der Waals surface area contributed by atoms with Crippen LogP contribution in [0.15, 0.2) is 47.4 Å². The first-order valence-electron chi connectivity index (χ1n) is 12.3. The predicted octanol–water partition coefficient (Wildman–Crippen LogP) is 3.17. The minimum Gasteiger partial charge on any atom is -0.370 e. The van der Waals surface area contributed by atoms with Gasteiger partial charge in [-0.15, -0.1) is 0 Å². The zero-order valence-electron chi connectivity index (χ0n) is 19.9. The fraction of sp³-hybridized carbons (Fsp3) is 0.500. The molecule has 0 aromatic heterocycles. The number of piperidine rings is 1. The van der Waals surface area contributed by atoms with E-state index in [9.17, 15) is 17.2 Å². The first kappa shape index (κ1) is 25.2. The molecule has 2 aromatic rings. The van der Waals surface area contributed by atoms with Crippen molar-refractivity contribution >= 4 is 10.0 Å². The zero-order chi connectivity index (χ0) is 25.5. The predicted molar refractivity (Wildman–Crippen MR) is 129 cm³/mol. The molecule has 36 heavy (non-hydrogen) atoms. The summed E-state index contributed by atoms with van der Waals surface area (Å²) < 4.78 is 61.6. The highest BCUT2D eigenvalue weighted by Crippen LogP contribution is 2.43. The lowest BCUT2D eigenvalue weighted by Crippen LogP contribution is -2.50. The van der Waals surface area contributed by atoms with Gasteiger partial charge in [-0.05, 0) is 80.1 Å². The molecule has 0 aliphatic carbocycles. The Morgan fingerprint density at radius 2 is 1.75 bits per heavy atom. The number of nitriles is 1. The van der Waals surface area contributed by atoms with Crippen molar-refractivity contribution in [3.8, 4) is 6.07 Å². The van der Waals surface area contributed by atoms with Crippen molar-refractivity contribution in [2.24, 2.45) is 11.1 Å². The first-order valence-corrected chi connectivity index (χ1v) is 13.7. The van der Waals surface area contributed by atoms with Gasteiger partial charge >= 0.3 is 0 Å². The fourth-order valence-corrected chi connectivity index (χ4v) is 7.33. The first-order chi connectivity index (χ1) is 17.2. The molecule has 7 nitrogen and oxygen atoms in total. The molecule has 2 aromatic carbocycles. The maximum Gasteiger partial charge on any atom is 0.243 e. The van der Waals surface area contributed by atoms with Gasteiger partial charge in [0.15, 0.2) is 0 Å². The third-order valence-corrected chi connectivity index (χ3v) is 9.97. The fourth-order valence-electron chi connectivity index (χ4n) is 5.89. The Morgan fingerprint density at radius 3 is 2.42 bits per heavy atom. The van der Waals surface area contributed by atoms with Gasteiger partial charge < -0.3 is 10.5 Å². The summed E-state index contributed by atoms with van der Waals surface area (Å²) in [7, 11) is -3.60. The van der Waals surface area contributed by atoms with Crippen molar-refractivity contribution in [2.45, 2.75) is 48.8 Å². The van der Waals surface area contributed by atoms with E-state index in [1.54, 1.807) is 4.31 Å². The van der Waals surface area contributed by atoms with Gasteiger partial charge in [0.1, 0.15) is 17.7 Å². The zero-order valence-corrected chi connectivity index (χ0v) is 20.8. The molecule has 0 amide bonds. The smallest absolute Gasteiger partial charge is 0.243 e. The molecular weight excluding hydrogens is 486 g/mol. The minimum absolute atomic E-state index is 0.0479. The molecule has 0 saturated carbocycles. The number of likely N-dealkylation sites (tertiary alicyclic amines) is 1. The molecule has 5 rings (SSSR count). The van der Waals surface area contributed by atoms with Crippen LogP contribution in [0.1, 0.15) is 42.9 Å². The van der Waals surface area contributed by atoms with Crippen LogP contribution < -0.4 is 5.73 Å². The Bertz CT molecular complexity index is 1260. The van der Waals surface area contributed by atoms with Crippen molar-refractivity contribution in [3.05, 3.63) is 65.2 Å². The average molecular weight is 517 g/mol. The summed E-state index contributed by atoms with van der Waals surface area (Å²) in [6.07, 6.45) is 2.47. The highest BCUT2D eigenvalue weighted by molar-refractivity contribution is 7.89. The largest absolute Gasteiger partial charge is 0.370 e. The highest BCUT2D eigenvalue weighted by Gasteiger charge is 2.45. The van der Waals surface area contributed by atoms with E-state index in [-0.39, 0.29) is 21.9 Å². The maximum atomic E-state index is 14.2. The van der Waals surface area contributed by atoms with Gasteiger partial charge in [-0.3, -0.25) is 4.90 Å². The van der Waals surface area contributed by atoms with Crippen molar-refractivity contribution in [2.75, 3.05) is 32.8 Å². The topological polar surface area (TPSA) is 99.7 Å². The molecule has 2 N–H and O–H groups in total. The minimum atomic E-state index is -3.60. The van der Waals surface area contributed by atoms with E-state index in [1.807, 2.05) is 6.07 Å². The molecule has 3 aliphatic heterocycles. The molecule has 3 atom stereocenters. The summed E-state index contributed by atoms with van der Waals surface area (Å²) >= 11 is 0. The summed E-state index contributed by atoms with van der Waals surface area (Å²) in [5.41, 5.74) is 7.00. The lowest BCUT2D eigenvalue weighted by Gasteiger charge is -2.41. The van der Waals surface area contributed by atoms with Crippen LogP contribution >= 0.6 is 0 Å². The van der Waals surface area contributed by atoms with E-state index >= 15 is 0 Å². The van der Waals surface area contributed by atoms with Crippen LogP contribution in [-0.2, 0) is 14.8 Å². The van der Waals surface area contributed by atoms with E-state index in [0.717, 1.165) is 50.6 Å². The number of hydrogen-bond acceptors (Lipinski definition) is 6. The van der Waals surface area contributed by atoms with Crippen LogP contribution in [0.25, 0.3) is 0 Å². The Hall–Kier alpha value is -2.42. The number of sulfonamides is 1. The van der Waals surface area contributed by atoms with E-state index in [4.69, 9.17) is 15.7 Å². The average Bonchev–Trinajstić information content (AvgIpc) is 3.29. The third-order valence-electron chi connectivity index (χ3n) is 8.05. The second kappa shape index (κ2) is 9.80. The number of hydrogen-bond donors (Lipinski definition) is 1.